The molecule has 92 valence electrons. The molecule has 0 spiro atoms. The van der Waals surface area contributed by atoms with Gasteiger partial charge in [-0.05, 0) is 41.8 Å². The number of carbonyl (C=O) groups excluding carboxylic acids is 1. The van der Waals surface area contributed by atoms with E-state index < -0.39 is 5.60 Å². The number of aromatic nitrogens is 1. The molecule has 4 nitrogen and oxygen atoms in total. The Morgan fingerprint density at radius 3 is 2.71 bits per heavy atom. The zero-order chi connectivity index (χ0) is 12.5. The summed E-state index contributed by atoms with van der Waals surface area (Å²) in [4.78, 5) is 17.9. The van der Waals surface area contributed by atoms with Gasteiger partial charge in [0.2, 0.25) is 0 Å². The van der Waals surface area contributed by atoms with Crippen LogP contribution < -0.4 is 0 Å². The molecule has 1 aromatic heterocycles. The third-order valence-corrected chi connectivity index (χ3v) is 3.51. The summed E-state index contributed by atoms with van der Waals surface area (Å²) in [6.07, 6.45) is 4.47. The second-order valence-corrected chi connectivity index (χ2v) is 5.60. The minimum atomic E-state index is -0.633. The van der Waals surface area contributed by atoms with Gasteiger partial charge in [-0.25, -0.2) is 0 Å². The summed E-state index contributed by atoms with van der Waals surface area (Å²) in [6.45, 7) is 3.01. The smallest absolute Gasteiger partial charge is 0.255 e. The Morgan fingerprint density at radius 1 is 1.47 bits per heavy atom. The van der Waals surface area contributed by atoms with Crippen LogP contribution in [0.3, 0.4) is 0 Å². The van der Waals surface area contributed by atoms with Gasteiger partial charge in [0.1, 0.15) is 0 Å². The van der Waals surface area contributed by atoms with Crippen molar-refractivity contribution < 1.29 is 9.90 Å². The molecule has 17 heavy (non-hydrogen) atoms. The largest absolute Gasteiger partial charge is 0.390 e. The molecule has 1 aliphatic heterocycles. The molecule has 5 heteroatoms. The van der Waals surface area contributed by atoms with Crippen LogP contribution in [0.1, 0.15) is 30.1 Å². The quantitative estimate of drug-likeness (QED) is 0.861. The molecule has 1 aromatic rings. The van der Waals surface area contributed by atoms with E-state index in [4.69, 9.17) is 0 Å². The molecule has 1 fully saturated rings. The molecule has 0 aliphatic carbocycles. The fourth-order valence-corrected chi connectivity index (χ4v) is 2.27. The van der Waals surface area contributed by atoms with Crippen molar-refractivity contribution in [2.75, 3.05) is 13.1 Å². The van der Waals surface area contributed by atoms with E-state index in [-0.39, 0.29) is 5.91 Å². The Balaban J connectivity index is 2.07. The average Bonchev–Trinajstić information content (AvgIpc) is 2.28. The monoisotopic (exact) mass is 298 g/mol. The molecule has 0 bridgehead atoms. The van der Waals surface area contributed by atoms with Crippen molar-refractivity contribution in [3.8, 4) is 0 Å². The number of hydrogen-bond donors (Lipinski definition) is 1. The van der Waals surface area contributed by atoms with Gasteiger partial charge in [0.15, 0.2) is 0 Å². The summed E-state index contributed by atoms with van der Waals surface area (Å²) < 4.78 is 0.798. The lowest BCUT2D eigenvalue weighted by molar-refractivity contribution is -0.00203. The van der Waals surface area contributed by atoms with Crippen molar-refractivity contribution in [1.82, 2.24) is 9.88 Å². The van der Waals surface area contributed by atoms with E-state index in [1.165, 1.54) is 0 Å². The van der Waals surface area contributed by atoms with Crippen molar-refractivity contribution in [1.29, 1.82) is 0 Å². The zero-order valence-corrected chi connectivity index (χ0v) is 11.3. The van der Waals surface area contributed by atoms with Crippen molar-refractivity contribution in [3.05, 3.63) is 28.5 Å². The average molecular weight is 299 g/mol. The topological polar surface area (TPSA) is 53.4 Å². The third-order valence-electron chi connectivity index (χ3n) is 3.08. The molecule has 1 N–H and O–H groups in total. The maximum Gasteiger partial charge on any atom is 0.255 e. The SMILES string of the molecule is CC1(O)CCN(C(=O)c2cncc(Br)c2)CC1. The second-order valence-electron chi connectivity index (χ2n) is 4.68. The predicted octanol–water partition coefficient (Wildman–Crippen LogP) is 1.83. The summed E-state index contributed by atoms with van der Waals surface area (Å²) in [5, 5.41) is 9.83. The van der Waals surface area contributed by atoms with E-state index in [2.05, 4.69) is 20.9 Å². The highest BCUT2D eigenvalue weighted by Gasteiger charge is 2.29. The standard InChI is InChI=1S/C12H15BrN2O2/c1-12(17)2-4-15(5-3-12)11(16)9-6-10(13)8-14-7-9/h6-8,17H,2-5H2,1H3. The van der Waals surface area contributed by atoms with Crippen molar-refractivity contribution in [2.24, 2.45) is 0 Å². The van der Waals surface area contributed by atoms with E-state index in [1.807, 2.05) is 6.92 Å². The molecule has 0 saturated carbocycles. The number of hydrogen-bond acceptors (Lipinski definition) is 3. The van der Waals surface area contributed by atoms with Crippen LogP contribution in [-0.4, -0.2) is 39.6 Å². The number of carbonyl (C=O) groups is 1. The van der Waals surface area contributed by atoms with Crippen LogP contribution in [0.15, 0.2) is 22.9 Å². The van der Waals surface area contributed by atoms with E-state index in [0.29, 0.717) is 31.5 Å². The lowest BCUT2D eigenvalue weighted by Crippen LogP contribution is -2.45. The first-order valence-electron chi connectivity index (χ1n) is 5.60. The highest BCUT2D eigenvalue weighted by molar-refractivity contribution is 9.10. The minimum Gasteiger partial charge on any atom is -0.390 e. The fraction of sp³-hybridized carbons (Fsp3) is 0.500. The van der Waals surface area contributed by atoms with Crippen LogP contribution in [0.2, 0.25) is 0 Å². The van der Waals surface area contributed by atoms with Crippen LogP contribution in [0.25, 0.3) is 0 Å². The summed E-state index contributed by atoms with van der Waals surface area (Å²) in [5.41, 5.74) is -0.0485. The highest BCUT2D eigenvalue weighted by Crippen LogP contribution is 2.22. The maximum atomic E-state index is 12.1. The number of amides is 1. The molecule has 0 atom stereocenters. The summed E-state index contributed by atoms with van der Waals surface area (Å²) >= 11 is 3.30. The normalized spacial score (nSPS) is 19.1. The molecule has 2 rings (SSSR count). The Bertz CT molecular complexity index is 424. The van der Waals surface area contributed by atoms with E-state index >= 15 is 0 Å². The van der Waals surface area contributed by atoms with Crippen molar-refractivity contribution in [3.63, 3.8) is 0 Å². The van der Waals surface area contributed by atoms with Gasteiger partial charge < -0.3 is 10.0 Å². The Hall–Kier alpha value is -0.940. The summed E-state index contributed by atoms with van der Waals surface area (Å²) in [6, 6.07) is 1.77. The fourth-order valence-electron chi connectivity index (χ4n) is 1.90. The van der Waals surface area contributed by atoms with Gasteiger partial charge in [-0.1, -0.05) is 0 Å². The Labute approximate surface area is 109 Å². The number of likely N-dealkylation sites (tertiary alicyclic amines) is 1. The lowest BCUT2D eigenvalue weighted by Gasteiger charge is -2.35. The predicted molar refractivity (Wildman–Crippen MR) is 67.7 cm³/mol. The molecule has 1 amide bonds. The number of nitrogens with zero attached hydrogens (tertiary/aromatic N) is 2. The second kappa shape index (κ2) is 4.74. The molecule has 1 saturated heterocycles. The van der Waals surface area contributed by atoms with Crippen LogP contribution in [-0.2, 0) is 0 Å². The van der Waals surface area contributed by atoms with Gasteiger partial charge in [0, 0.05) is 30.0 Å². The molecule has 1 aliphatic rings. The van der Waals surface area contributed by atoms with Gasteiger partial charge in [-0.2, -0.15) is 0 Å². The maximum absolute atomic E-state index is 12.1. The molecule has 0 aromatic carbocycles. The number of piperidine rings is 1. The van der Waals surface area contributed by atoms with Crippen LogP contribution in [0, 0.1) is 0 Å². The highest BCUT2D eigenvalue weighted by atomic mass is 79.9. The van der Waals surface area contributed by atoms with E-state index in [1.54, 1.807) is 23.4 Å². The van der Waals surface area contributed by atoms with Gasteiger partial charge in [-0.15, -0.1) is 0 Å². The third kappa shape index (κ3) is 3.04. The zero-order valence-electron chi connectivity index (χ0n) is 9.69. The number of pyridine rings is 1. The van der Waals surface area contributed by atoms with Crippen LogP contribution >= 0.6 is 15.9 Å². The lowest BCUT2D eigenvalue weighted by atomic mass is 9.93. The van der Waals surface area contributed by atoms with E-state index in [0.717, 1.165) is 4.47 Å². The molecular formula is C12H15BrN2O2. The van der Waals surface area contributed by atoms with Gasteiger partial charge in [-0.3, -0.25) is 9.78 Å². The van der Waals surface area contributed by atoms with Crippen molar-refractivity contribution in [2.45, 2.75) is 25.4 Å². The molecular weight excluding hydrogens is 284 g/mol. The van der Waals surface area contributed by atoms with Crippen LogP contribution in [0.4, 0.5) is 0 Å². The molecule has 0 unspecified atom stereocenters. The number of halogens is 1. The van der Waals surface area contributed by atoms with Gasteiger partial charge in [0.05, 0.1) is 11.2 Å². The first-order chi connectivity index (χ1) is 7.98. The van der Waals surface area contributed by atoms with E-state index in [9.17, 15) is 9.90 Å². The van der Waals surface area contributed by atoms with Crippen molar-refractivity contribution >= 4 is 21.8 Å². The number of aliphatic hydroxyl groups is 1. The Morgan fingerprint density at radius 2 is 2.12 bits per heavy atom. The Kier molecular flexibility index (Phi) is 3.49. The first kappa shape index (κ1) is 12.5. The van der Waals surface area contributed by atoms with Gasteiger partial charge in [0.25, 0.3) is 5.91 Å². The summed E-state index contributed by atoms with van der Waals surface area (Å²) in [7, 11) is 0. The van der Waals surface area contributed by atoms with Gasteiger partial charge >= 0.3 is 0 Å². The first-order valence-corrected chi connectivity index (χ1v) is 6.39. The minimum absolute atomic E-state index is 0.0192. The van der Waals surface area contributed by atoms with Crippen LogP contribution in [0.5, 0.6) is 0 Å². The molecule has 2 heterocycles. The molecule has 0 radical (unpaired) electrons. The number of rotatable bonds is 1. The summed E-state index contributed by atoms with van der Waals surface area (Å²) in [5.74, 6) is -0.0192.